The van der Waals surface area contributed by atoms with Crippen molar-refractivity contribution < 1.29 is 14.2 Å². The second-order valence-corrected chi connectivity index (χ2v) is 5.17. The van der Waals surface area contributed by atoms with E-state index in [9.17, 15) is 0 Å². The molecule has 1 radical (unpaired) electrons. The highest BCUT2D eigenvalue weighted by Crippen LogP contribution is 2.40. The molecule has 1 atom stereocenters. The van der Waals surface area contributed by atoms with E-state index >= 15 is 0 Å². The Kier molecular flexibility index (Phi) is 5.70. The van der Waals surface area contributed by atoms with Gasteiger partial charge in [0.25, 0.3) is 0 Å². The van der Waals surface area contributed by atoms with Gasteiger partial charge in [-0.05, 0) is 12.5 Å². The number of benzene rings is 1. The van der Waals surface area contributed by atoms with E-state index in [1.54, 1.807) is 21.3 Å². The molecule has 5 nitrogen and oxygen atoms in total. The van der Waals surface area contributed by atoms with E-state index in [0.29, 0.717) is 17.5 Å². The van der Waals surface area contributed by atoms with Gasteiger partial charge in [-0.15, -0.1) is 0 Å². The summed E-state index contributed by atoms with van der Waals surface area (Å²) >= 11 is 0. The van der Waals surface area contributed by atoms with Crippen LogP contribution in [0.1, 0.15) is 12.0 Å². The normalized spacial score (nSPS) is 19.3. The Hall–Kier alpha value is -1.46. The smallest absolute Gasteiger partial charge is 0.203 e. The van der Waals surface area contributed by atoms with Crippen LogP contribution in [0.15, 0.2) is 12.1 Å². The van der Waals surface area contributed by atoms with Crippen LogP contribution in [0.5, 0.6) is 17.2 Å². The lowest BCUT2D eigenvalue weighted by Gasteiger charge is -2.33. The summed E-state index contributed by atoms with van der Waals surface area (Å²) < 4.78 is 16.3. The highest BCUT2D eigenvalue weighted by atomic mass is 16.5. The maximum Gasteiger partial charge on any atom is 0.203 e. The number of rotatable bonds is 6. The molecular formula is C16H25N2O3. The largest absolute Gasteiger partial charge is 0.493 e. The first-order valence-corrected chi connectivity index (χ1v) is 7.26. The van der Waals surface area contributed by atoms with Gasteiger partial charge in [0, 0.05) is 37.8 Å². The molecule has 5 heteroatoms. The molecule has 21 heavy (non-hydrogen) atoms. The van der Waals surface area contributed by atoms with E-state index in [2.05, 4.69) is 17.1 Å². The number of hydrogen-bond acceptors (Lipinski definition) is 5. The molecule has 0 aliphatic carbocycles. The van der Waals surface area contributed by atoms with Crippen molar-refractivity contribution in [2.45, 2.75) is 19.0 Å². The van der Waals surface area contributed by atoms with Crippen molar-refractivity contribution in [2.75, 3.05) is 41.0 Å². The maximum absolute atomic E-state index is 5.54. The molecule has 1 saturated heterocycles. The second kappa shape index (κ2) is 7.52. The van der Waals surface area contributed by atoms with Gasteiger partial charge in [0.05, 0.1) is 21.3 Å². The zero-order chi connectivity index (χ0) is 15.2. The third-order valence-electron chi connectivity index (χ3n) is 3.87. The van der Waals surface area contributed by atoms with Crippen LogP contribution < -0.4 is 19.5 Å². The predicted octanol–water partition coefficient (Wildman–Crippen LogP) is 1.71. The fraction of sp³-hybridized carbons (Fsp3) is 0.562. The van der Waals surface area contributed by atoms with E-state index in [-0.39, 0.29) is 0 Å². The lowest BCUT2D eigenvalue weighted by atomic mass is 10.1. The van der Waals surface area contributed by atoms with Crippen molar-refractivity contribution >= 4 is 0 Å². The Morgan fingerprint density at radius 3 is 2.57 bits per heavy atom. The summed E-state index contributed by atoms with van der Waals surface area (Å²) in [6, 6.07) is 4.43. The zero-order valence-corrected chi connectivity index (χ0v) is 13.1. The topological polar surface area (TPSA) is 43.0 Å². The van der Waals surface area contributed by atoms with Gasteiger partial charge in [-0.1, -0.05) is 13.0 Å². The lowest BCUT2D eigenvalue weighted by Crippen LogP contribution is -2.49. The van der Waals surface area contributed by atoms with Crippen LogP contribution in [0, 0.1) is 6.92 Å². The minimum absolute atomic E-state index is 0.463. The summed E-state index contributed by atoms with van der Waals surface area (Å²) in [5.41, 5.74) is 1.11. The van der Waals surface area contributed by atoms with Crippen molar-refractivity contribution in [2.24, 2.45) is 0 Å². The molecule has 0 spiro atoms. The summed E-state index contributed by atoms with van der Waals surface area (Å²) in [6.45, 7) is 7.84. The van der Waals surface area contributed by atoms with Crippen LogP contribution in [-0.4, -0.2) is 51.9 Å². The summed E-state index contributed by atoms with van der Waals surface area (Å²) in [4.78, 5) is 2.41. The van der Waals surface area contributed by atoms with Crippen LogP contribution in [0.3, 0.4) is 0 Å². The molecule has 1 N–H and O–H groups in total. The van der Waals surface area contributed by atoms with E-state index in [1.807, 2.05) is 12.1 Å². The Labute approximate surface area is 127 Å². The SMILES string of the molecule is [CH2]CC1CN(Cc2ccc(OC)c(OC)c2OC)CCN1. The van der Waals surface area contributed by atoms with Crippen molar-refractivity contribution in [3.05, 3.63) is 24.6 Å². The summed E-state index contributed by atoms with van der Waals surface area (Å²) in [7, 11) is 4.93. The highest BCUT2D eigenvalue weighted by Gasteiger charge is 2.21. The zero-order valence-electron chi connectivity index (χ0n) is 13.1. The van der Waals surface area contributed by atoms with Crippen LogP contribution in [-0.2, 0) is 6.54 Å². The van der Waals surface area contributed by atoms with Crippen LogP contribution in [0.2, 0.25) is 0 Å². The lowest BCUT2D eigenvalue weighted by molar-refractivity contribution is 0.190. The van der Waals surface area contributed by atoms with Crippen molar-refractivity contribution in [1.82, 2.24) is 10.2 Å². The van der Waals surface area contributed by atoms with Gasteiger partial charge < -0.3 is 19.5 Å². The van der Waals surface area contributed by atoms with Gasteiger partial charge in [-0.3, -0.25) is 4.90 Å². The monoisotopic (exact) mass is 293 g/mol. The van der Waals surface area contributed by atoms with E-state index in [0.717, 1.165) is 43.9 Å². The van der Waals surface area contributed by atoms with Crippen LogP contribution in [0.25, 0.3) is 0 Å². The highest BCUT2D eigenvalue weighted by molar-refractivity contribution is 5.55. The van der Waals surface area contributed by atoms with Gasteiger partial charge in [-0.25, -0.2) is 0 Å². The molecule has 2 rings (SSSR count). The standard InChI is InChI=1S/C16H25N2O3/c1-5-13-11-18(9-8-17-13)10-12-6-7-14(19-2)16(21-4)15(12)20-3/h6-7,13,17H,1,5,8-11H2,2-4H3. The van der Waals surface area contributed by atoms with Crippen LogP contribution in [0.4, 0.5) is 0 Å². The minimum Gasteiger partial charge on any atom is -0.493 e. The molecule has 1 aromatic carbocycles. The number of methoxy groups -OCH3 is 3. The number of nitrogens with one attached hydrogen (secondary N) is 1. The number of piperazine rings is 1. The van der Waals surface area contributed by atoms with Gasteiger partial charge in [0.1, 0.15) is 0 Å². The third-order valence-corrected chi connectivity index (χ3v) is 3.87. The van der Waals surface area contributed by atoms with E-state index < -0.39 is 0 Å². The van der Waals surface area contributed by atoms with Gasteiger partial charge in [0.2, 0.25) is 5.75 Å². The molecule has 0 saturated carbocycles. The molecule has 1 aliphatic rings. The molecule has 1 unspecified atom stereocenters. The average Bonchev–Trinajstić information content (AvgIpc) is 2.54. The molecule has 1 aliphatic heterocycles. The van der Waals surface area contributed by atoms with Crippen LogP contribution >= 0.6 is 0 Å². The average molecular weight is 293 g/mol. The van der Waals surface area contributed by atoms with Crippen molar-refractivity contribution in [3.63, 3.8) is 0 Å². The molecule has 0 amide bonds. The number of hydrogen-bond donors (Lipinski definition) is 1. The predicted molar refractivity (Wildman–Crippen MR) is 83.1 cm³/mol. The van der Waals surface area contributed by atoms with Gasteiger partial charge in [0.15, 0.2) is 11.5 Å². The molecular weight excluding hydrogens is 268 g/mol. The summed E-state index contributed by atoms with van der Waals surface area (Å²) in [5.74, 6) is 2.09. The van der Waals surface area contributed by atoms with Crippen molar-refractivity contribution in [1.29, 1.82) is 0 Å². The second-order valence-electron chi connectivity index (χ2n) is 5.17. The molecule has 0 aromatic heterocycles. The Morgan fingerprint density at radius 2 is 1.95 bits per heavy atom. The van der Waals surface area contributed by atoms with Gasteiger partial charge >= 0.3 is 0 Å². The summed E-state index contributed by atoms with van der Waals surface area (Å²) in [5, 5.41) is 3.47. The molecule has 117 valence electrons. The fourth-order valence-electron chi connectivity index (χ4n) is 2.76. The first-order valence-electron chi connectivity index (χ1n) is 7.26. The number of nitrogens with zero attached hydrogens (tertiary/aromatic N) is 1. The Bertz CT molecular complexity index is 465. The molecule has 0 bridgehead atoms. The van der Waals surface area contributed by atoms with E-state index in [1.165, 1.54) is 0 Å². The van der Waals surface area contributed by atoms with Gasteiger partial charge in [-0.2, -0.15) is 0 Å². The molecule has 1 heterocycles. The quantitative estimate of drug-likeness (QED) is 0.865. The first kappa shape index (κ1) is 15.9. The Morgan fingerprint density at radius 1 is 1.19 bits per heavy atom. The molecule has 1 fully saturated rings. The number of ether oxygens (including phenoxy) is 3. The first-order chi connectivity index (χ1) is 10.2. The third kappa shape index (κ3) is 3.60. The maximum atomic E-state index is 5.54. The minimum atomic E-state index is 0.463. The fourth-order valence-corrected chi connectivity index (χ4v) is 2.76. The van der Waals surface area contributed by atoms with E-state index in [4.69, 9.17) is 14.2 Å². The molecule has 1 aromatic rings. The summed E-state index contributed by atoms with van der Waals surface area (Å²) in [6.07, 6.45) is 0.902. The van der Waals surface area contributed by atoms with Crippen molar-refractivity contribution in [3.8, 4) is 17.2 Å². The Balaban J connectivity index is 2.19.